The first-order valence-electron chi connectivity index (χ1n) is 6.89. The Morgan fingerprint density at radius 1 is 1.21 bits per heavy atom. The minimum Gasteiger partial charge on any atom is -0.493 e. The zero-order valence-electron chi connectivity index (χ0n) is 13.1. The van der Waals surface area contributed by atoms with Crippen molar-refractivity contribution in [2.45, 2.75) is 6.92 Å². The molecule has 2 aromatic carbocycles. The van der Waals surface area contributed by atoms with Crippen LogP contribution in [0.3, 0.4) is 0 Å². The number of carbonyl (C=O) groups excluding carboxylic acids is 1. The SMILES string of the molecule is COc1cc(/C=N\Nc2ccc([N+](=O)[O-])cc2)ccc1OC(C)=O. The van der Waals surface area contributed by atoms with Crippen molar-refractivity contribution in [2.24, 2.45) is 5.10 Å². The Hall–Kier alpha value is -3.42. The van der Waals surface area contributed by atoms with Gasteiger partial charge in [-0.25, -0.2) is 0 Å². The maximum Gasteiger partial charge on any atom is 0.308 e. The van der Waals surface area contributed by atoms with E-state index >= 15 is 0 Å². The summed E-state index contributed by atoms with van der Waals surface area (Å²) in [6.07, 6.45) is 1.54. The van der Waals surface area contributed by atoms with Crippen LogP contribution in [0.1, 0.15) is 12.5 Å². The number of carbonyl (C=O) groups is 1. The summed E-state index contributed by atoms with van der Waals surface area (Å²) >= 11 is 0. The highest BCUT2D eigenvalue weighted by molar-refractivity contribution is 5.82. The van der Waals surface area contributed by atoms with Crippen LogP contribution in [0.15, 0.2) is 47.6 Å². The lowest BCUT2D eigenvalue weighted by molar-refractivity contribution is -0.384. The van der Waals surface area contributed by atoms with E-state index in [1.165, 1.54) is 26.2 Å². The summed E-state index contributed by atoms with van der Waals surface area (Å²) in [4.78, 5) is 21.1. The fourth-order valence-corrected chi connectivity index (χ4v) is 1.84. The third kappa shape index (κ3) is 4.54. The van der Waals surface area contributed by atoms with Gasteiger partial charge >= 0.3 is 5.97 Å². The molecule has 124 valence electrons. The Kier molecular flexibility index (Phi) is 5.45. The first-order chi connectivity index (χ1) is 11.5. The number of anilines is 1. The largest absolute Gasteiger partial charge is 0.493 e. The molecule has 0 radical (unpaired) electrons. The van der Waals surface area contributed by atoms with Gasteiger partial charge < -0.3 is 9.47 Å². The van der Waals surface area contributed by atoms with E-state index < -0.39 is 10.9 Å². The fraction of sp³-hybridized carbons (Fsp3) is 0.125. The van der Waals surface area contributed by atoms with Crippen molar-refractivity contribution in [3.05, 3.63) is 58.1 Å². The average Bonchev–Trinajstić information content (AvgIpc) is 2.56. The summed E-state index contributed by atoms with van der Waals surface area (Å²) in [7, 11) is 1.47. The number of nitro benzene ring substituents is 1. The van der Waals surface area contributed by atoms with Gasteiger partial charge in [-0.3, -0.25) is 20.3 Å². The van der Waals surface area contributed by atoms with Crippen LogP contribution in [0.2, 0.25) is 0 Å². The smallest absolute Gasteiger partial charge is 0.308 e. The molecular formula is C16H15N3O5. The molecule has 0 amide bonds. The highest BCUT2D eigenvalue weighted by Gasteiger charge is 2.07. The number of non-ortho nitro benzene ring substituents is 1. The van der Waals surface area contributed by atoms with Crippen molar-refractivity contribution in [3.63, 3.8) is 0 Å². The molecule has 0 aliphatic rings. The number of hydrogen-bond acceptors (Lipinski definition) is 7. The molecule has 0 heterocycles. The topological polar surface area (TPSA) is 103 Å². The van der Waals surface area contributed by atoms with E-state index in [9.17, 15) is 14.9 Å². The zero-order chi connectivity index (χ0) is 17.5. The molecule has 0 saturated carbocycles. The van der Waals surface area contributed by atoms with Gasteiger partial charge in [0.2, 0.25) is 0 Å². The summed E-state index contributed by atoms with van der Waals surface area (Å²) in [5.74, 6) is 0.296. The number of benzene rings is 2. The van der Waals surface area contributed by atoms with E-state index in [0.717, 1.165) is 5.56 Å². The lowest BCUT2D eigenvalue weighted by Crippen LogP contribution is -2.03. The second-order valence-electron chi connectivity index (χ2n) is 4.68. The Labute approximate surface area is 137 Å². The predicted octanol–water partition coefficient (Wildman–Crippen LogP) is 2.97. The molecule has 24 heavy (non-hydrogen) atoms. The van der Waals surface area contributed by atoms with Crippen LogP contribution in [0.5, 0.6) is 11.5 Å². The number of methoxy groups -OCH3 is 1. The van der Waals surface area contributed by atoms with Crippen LogP contribution < -0.4 is 14.9 Å². The fourth-order valence-electron chi connectivity index (χ4n) is 1.84. The van der Waals surface area contributed by atoms with Gasteiger partial charge in [-0.05, 0) is 35.9 Å². The number of rotatable bonds is 6. The molecule has 0 aliphatic carbocycles. The molecule has 0 spiro atoms. The maximum absolute atomic E-state index is 11.0. The Morgan fingerprint density at radius 2 is 1.92 bits per heavy atom. The van der Waals surface area contributed by atoms with Gasteiger partial charge in [-0.15, -0.1) is 0 Å². The van der Waals surface area contributed by atoms with E-state index in [1.54, 1.807) is 36.5 Å². The molecule has 0 saturated heterocycles. The number of hydrogen-bond donors (Lipinski definition) is 1. The lowest BCUT2D eigenvalue weighted by atomic mass is 10.2. The molecule has 8 heteroatoms. The van der Waals surface area contributed by atoms with Gasteiger partial charge in [0.05, 0.1) is 23.9 Å². The maximum atomic E-state index is 11.0. The summed E-state index contributed by atoms with van der Waals surface area (Å²) in [6, 6.07) is 10.9. The van der Waals surface area contributed by atoms with Crippen LogP contribution in [-0.2, 0) is 4.79 Å². The summed E-state index contributed by atoms with van der Waals surface area (Å²) < 4.78 is 10.2. The van der Waals surface area contributed by atoms with E-state index in [1.807, 2.05) is 0 Å². The van der Waals surface area contributed by atoms with Crippen LogP contribution in [-0.4, -0.2) is 24.2 Å². The number of nitrogens with zero attached hydrogens (tertiary/aromatic N) is 2. The molecule has 0 aliphatic heterocycles. The van der Waals surface area contributed by atoms with Crippen molar-refractivity contribution >= 4 is 23.6 Å². The number of hydrazone groups is 1. The minimum absolute atomic E-state index is 0.00956. The van der Waals surface area contributed by atoms with Gasteiger partial charge in [-0.2, -0.15) is 5.10 Å². The second-order valence-corrected chi connectivity index (χ2v) is 4.68. The van der Waals surface area contributed by atoms with Crippen molar-refractivity contribution in [1.29, 1.82) is 0 Å². The van der Waals surface area contributed by atoms with Gasteiger partial charge in [0.15, 0.2) is 11.5 Å². The predicted molar refractivity (Wildman–Crippen MR) is 88.6 cm³/mol. The molecule has 0 unspecified atom stereocenters. The first-order valence-corrected chi connectivity index (χ1v) is 6.89. The summed E-state index contributed by atoms with van der Waals surface area (Å²) in [5.41, 5.74) is 4.10. The van der Waals surface area contributed by atoms with Crippen molar-refractivity contribution < 1.29 is 19.2 Å². The molecule has 2 aromatic rings. The lowest BCUT2D eigenvalue weighted by Gasteiger charge is -2.08. The van der Waals surface area contributed by atoms with Crippen LogP contribution in [0.4, 0.5) is 11.4 Å². The van der Waals surface area contributed by atoms with Gasteiger partial charge in [0.1, 0.15) is 0 Å². The van der Waals surface area contributed by atoms with Gasteiger partial charge in [-0.1, -0.05) is 0 Å². The third-order valence-electron chi connectivity index (χ3n) is 2.93. The Morgan fingerprint density at radius 3 is 2.50 bits per heavy atom. The molecule has 2 rings (SSSR count). The number of nitro groups is 1. The van der Waals surface area contributed by atoms with Crippen molar-refractivity contribution in [1.82, 2.24) is 0 Å². The van der Waals surface area contributed by atoms with Crippen LogP contribution in [0.25, 0.3) is 0 Å². The zero-order valence-corrected chi connectivity index (χ0v) is 13.1. The highest BCUT2D eigenvalue weighted by Crippen LogP contribution is 2.27. The number of esters is 1. The van der Waals surface area contributed by atoms with Crippen LogP contribution >= 0.6 is 0 Å². The quantitative estimate of drug-likeness (QED) is 0.287. The van der Waals surface area contributed by atoms with Crippen molar-refractivity contribution in [2.75, 3.05) is 12.5 Å². The number of ether oxygens (including phenoxy) is 2. The molecule has 8 nitrogen and oxygen atoms in total. The number of nitrogens with one attached hydrogen (secondary N) is 1. The molecule has 0 aromatic heterocycles. The van der Waals surface area contributed by atoms with Gasteiger partial charge in [0.25, 0.3) is 5.69 Å². The minimum atomic E-state index is -0.468. The van der Waals surface area contributed by atoms with E-state index in [4.69, 9.17) is 9.47 Å². The first kappa shape index (κ1) is 16.9. The third-order valence-corrected chi connectivity index (χ3v) is 2.93. The summed E-state index contributed by atoms with van der Waals surface area (Å²) in [5, 5.41) is 14.6. The Bertz CT molecular complexity index is 772. The molecule has 0 bridgehead atoms. The average molecular weight is 329 g/mol. The molecule has 1 N–H and O–H groups in total. The summed E-state index contributed by atoms with van der Waals surface area (Å²) in [6.45, 7) is 1.31. The molecule has 0 fully saturated rings. The standard InChI is InChI=1S/C16H15N3O5/c1-11(20)24-15-8-3-12(9-16(15)23-2)10-17-18-13-4-6-14(7-5-13)19(21)22/h3-10,18H,1-2H3/b17-10-. The second kappa shape index (κ2) is 7.73. The van der Waals surface area contributed by atoms with E-state index in [2.05, 4.69) is 10.5 Å². The van der Waals surface area contributed by atoms with E-state index in [0.29, 0.717) is 17.2 Å². The molecule has 0 atom stereocenters. The van der Waals surface area contributed by atoms with Crippen LogP contribution in [0, 0.1) is 10.1 Å². The van der Waals surface area contributed by atoms with E-state index in [-0.39, 0.29) is 5.69 Å². The highest BCUT2D eigenvalue weighted by atomic mass is 16.6. The van der Waals surface area contributed by atoms with Crippen molar-refractivity contribution in [3.8, 4) is 11.5 Å². The Balaban J connectivity index is 2.05. The van der Waals surface area contributed by atoms with Gasteiger partial charge in [0, 0.05) is 19.1 Å². The monoisotopic (exact) mass is 329 g/mol. The molecular weight excluding hydrogens is 314 g/mol. The normalized spacial score (nSPS) is 10.4.